The quantitative estimate of drug-likeness (QED) is 0.630. The second-order valence-corrected chi connectivity index (χ2v) is 4.20. The lowest BCUT2D eigenvalue weighted by Gasteiger charge is -2.15. The van der Waals surface area contributed by atoms with Gasteiger partial charge in [-0.2, -0.15) is 0 Å². The Labute approximate surface area is 123 Å². The number of methoxy groups -OCH3 is 1. The summed E-state index contributed by atoms with van der Waals surface area (Å²) in [5, 5.41) is 0. The zero-order valence-electron chi connectivity index (χ0n) is 11.3. The molecular formula is C15H10F4O3. The molecule has 0 saturated carbocycles. The topological polar surface area (TPSA) is 35.5 Å². The molecule has 0 aliphatic rings. The first-order valence-corrected chi connectivity index (χ1v) is 6.05. The molecule has 0 radical (unpaired) electrons. The number of hydrogen-bond donors (Lipinski definition) is 0. The molecule has 7 heteroatoms. The fourth-order valence-electron chi connectivity index (χ4n) is 1.96. The van der Waals surface area contributed by atoms with E-state index >= 15 is 0 Å². The lowest BCUT2D eigenvalue weighted by atomic mass is 9.98. The number of esters is 1. The standard InChI is InChI=1S/C15H10F4O3/c1-21-14(20)10-6-4-7-11(16)13(10)9-5-2-3-8-12(9)22-15(17,18)19/h2-8H,1H3. The van der Waals surface area contributed by atoms with Crippen molar-refractivity contribution in [3.05, 3.63) is 53.8 Å². The molecule has 0 heterocycles. The minimum atomic E-state index is -4.94. The first-order valence-electron chi connectivity index (χ1n) is 6.05. The Morgan fingerprint density at radius 1 is 1.05 bits per heavy atom. The number of benzene rings is 2. The van der Waals surface area contributed by atoms with E-state index in [2.05, 4.69) is 9.47 Å². The van der Waals surface area contributed by atoms with Gasteiger partial charge in [-0.1, -0.05) is 24.3 Å². The normalized spacial score (nSPS) is 11.1. The molecule has 2 rings (SSSR count). The highest BCUT2D eigenvalue weighted by molar-refractivity contribution is 5.98. The summed E-state index contributed by atoms with van der Waals surface area (Å²) in [5.41, 5.74) is -0.701. The average Bonchev–Trinajstić information content (AvgIpc) is 2.45. The number of para-hydroxylation sites is 1. The smallest absolute Gasteiger partial charge is 0.465 e. The molecule has 0 bridgehead atoms. The second-order valence-electron chi connectivity index (χ2n) is 4.20. The molecule has 0 unspecified atom stereocenters. The summed E-state index contributed by atoms with van der Waals surface area (Å²) in [5.74, 6) is -2.33. The van der Waals surface area contributed by atoms with Gasteiger partial charge in [0.25, 0.3) is 0 Å². The van der Waals surface area contributed by atoms with Gasteiger partial charge < -0.3 is 9.47 Å². The molecule has 116 valence electrons. The van der Waals surface area contributed by atoms with Crippen LogP contribution >= 0.6 is 0 Å². The first kappa shape index (κ1) is 15.8. The van der Waals surface area contributed by atoms with Crippen molar-refractivity contribution in [2.24, 2.45) is 0 Å². The minimum absolute atomic E-state index is 0.194. The van der Waals surface area contributed by atoms with Crippen molar-refractivity contribution in [1.29, 1.82) is 0 Å². The average molecular weight is 314 g/mol. The van der Waals surface area contributed by atoms with Crippen LogP contribution < -0.4 is 4.74 Å². The molecule has 0 aromatic heterocycles. The minimum Gasteiger partial charge on any atom is -0.465 e. The second kappa shape index (κ2) is 6.05. The van der Waals surface area contributed by atoms with E-state index in [-0.39, 0.29) is 16.7 Å². The van der Waals surface area contributed by atoms with Crippen LogP contribution in [-0.4, -0.2) is 19.4 Å². The summed E-state index contributed by atoms with van der Waals surface area (Å²) in [6.45, 7) is 0. The summed E-state index contributed by atoms with van der Waals surface area (Å²) >= 11 is 0. The van der Waals surface area contributed by atoms with E-state index in [0.29, 0.717) is 0 Å². The molecular weight excluding hydrogens is 304 g/mol. The third-order valence-electron chi connectivity index (χ3n) is 2.80. The van der Waals surface area contributed by atoms with Gasteiger partial charge >= 0.3 is 12.3 Å². The van der Waals surface area contributed by atoms with Gasteiger partial charge in [0.2, 0.25) is 0 Å². The summed E-state index contributed by atoms with van der Waals surface area (Å²) < 4.78 is 59.9. The zero-order chi connectivity index (χ0) is 16.3. The van der Waals surface area contributed by atoms with Crippen LogP contribution in [0.3, 0.4) is 0 Å². The zero-order valence-corrected chi connectivity index (χ0v) is 11.3. The maximum atomic E-state index is 14.1. The highest BCUT2D eigenvalue weighted by Crippen LogP contribution is 2.37. The lowest BCUT2D eigenvalue weighted by molar-refractivity contribution is -0.274. The summed E-state index contributed by atoms with van der Waals surface area (Å²) in [6, 6.07) is 8.54. The molecule has 0 atom stereocenters. The highest BCUT2D eigenvalue weighted by atomic mass is 19.4. The van der Waals surface area contributed by atoms with Crippen molar-refractivity contribution in [3.63, 3.8) is 0 Å². The van der Waals surface area contributed by atoms with E-state index in [4.69, 9.17) is 0 Å². The van der Waals surface area contributed by atoms with Gasteiger partial charge in [0.05, 0.1) is 12.7 Å². The van der Waals surface area contributed by atoms with E-state index in [0.717, 1.165) is 19.2 Å². The van der Waals surface area contributed by atoms with Gasteiger partial charge in [0.15, 0.2) is 0 Å². The number of ether oxygens (including phenoxy) is 2. The predicted octanol–water partition coefficient (Wildman–Crippen LogP) is 4.18. The largest absolute Gasteiger partial charge is 0.573 e. The Morgan fingerprint density at radius 2 is 1.73 bits per heavy atom. The van der Waals surface area contributed by atoms with Gasteiger partial charge in [-0.05, 0) is 18.2 Å². The van der Waals surface area contributed by atoms with E-state index < -0.39 is 23.9 Å². The molecule has 0 aliphatic heterocycles. The summed E-state index contributed by atoms with van der Waals surface area (Å²) in [6.07, 6.45) is -4.94. The third kappa shape index (κ3) is 3.36. The van der Waals surface area contributed by atoms with Gasteiger partial charge in [-0.3, -0.25) is 0 Å². The van der Waals surface area contributed by atoms with Crippen LogP contribution in [0, 0.1) is 5.82 Å². The fraction of sp³-hybridized carbons (Fsp3) is 0.133. The Balaban J connectivity index is 2.65. The van der Waals surface area contributed by atoms with Crippen LogP contribution in [0.5, 0.6) is 5.75 Å². The van der Waals surface area contributed by atoms with Gasteiger partial charge in [0, 0.05) is 11.1 Å². The number of hydrogen-bond acceptors (Lipinski definition) is 3. The van der Waals surface area contributed by atoms with Crippen LogP contribution in [0.25, 0.3) is 11.1 Å². The van der Waals surface area contributed by atoms with Gasteiger partial charge in [-0.15, -0.1) is 13.2 Å². The third-order valence-corrected chi connectivity index (χ3v) is 2.80. The van der Waals surface area contributed by atoms with Crippen molar-refractivity contribution >= 4 is 5.97 Å². The van der Waals surface area contributed by atoms with Gasteiger partial charge in [-0.25, -0.2) is 9.18 Å². The summed E-state index contributed by atoms with van der Waals surface area (Å²) in [7, 11) is 1.09. The SMILES string of the molecule is COC(=O)c1cccc(F)c1-c1ccccc1OC(F)(F)F. The van der Waals surface area contributed by atoms with Crippen molar-refractivity contribution in [2.75, 3.05) is 7.11 Å². The Kier molecular flexibility index (Phi) is 4.35. The van der Waals surface area contributed by atoms with Gasteiger partial charge in [0.1, 0.15) is 11.6 Å². The molecule has 0 N–H and O–H groups in total. The molecule has 0 aliphatic carbocycles. The Bertz CT molecular complexity index is 695. The maximum absolute atomic E-state index is 14.1. The molecule has 0 fully saturated rings. The number of halogens is 4. The van der Waals surface area contributed by atoms with Crippen LogP contribution in [0.1, 0.15) is 10.4 Å². The summed E-state index contributed by atoms with van der Waals surface area (Å²) in [4.78, 5) is 11.7. The first-order chi connectivity index (χ1) is 10.3. The van der Waals surface area contributed by atoms with Crippen molar-refractivity contribution < 1.29 is 31.8 Å². The van der Waals surface area contributed by atoms with Crippen LogP contribution in [0.2, 0.25) is 0 Å². The van der Waals surface area contributed by atoms with E-state index in [1.165, 1.54) is 30.3 Å². The van der Waals surface area contributed by atoms with Crippen LogP contribution in [0.4, 0.5) is 17.6 Å². The van der Waals surface area contributed by atoms with Crippen molar-refractivity contribution in [3.8, 4) is 16.9 Å². The maximum Gasteiger partial charge on any atom is 0.573 e. The van der Waals surface area contributed by atoms with Crippen molar-refractivity contribution in [2.45, 2.75) is 6.36 Å². The molecule has 3 nitrogen and oxygen atoms in total. The monoisotopic (exact) mass is 314 g/mol. The molecule has 0 spiro atoms. The van der Waals surface area contributed by atoms with Crippen LogP contribution in [-0.2, 0) is 4.74 Å². The molecule has 22 heavy (non-hydrogen) atoms. The molecule has 2 aromatic carbocycles. The molecule has 2 aromatic rings. The van der Waals surface area contributed by atoms with E-state index in [1.54, 1.807) is 0 Å². The molecule has 0 amide bonds. The number of carbonyl (C=O) groups is 1. The van der Waals surface area contributed by atoms with Crippen LogP contribution in [0.15, 0.2) is 42.5 Å². The lowest BCUT2D eigenvalue weighted by Crippen LogP contribution is -2.18. The Morgan fingerprint density at radius 3 is 2.36 bits per heavy atom. The number of carbonyl (C=O) groups excluding carboxylic acids is 1. The predicted molar refractivity (Wildman–Crippen MR) is 69.9 cm³/mol. The molecule has 0 saturated heterocycles. The van der Waals surface area contributed by atoms with E-state index in [9.17, 15) is 22.4 Å². The fourth-order valence-corrected chi connectivity index (χ4v) is 1.96. The highest BCUT2D eigenvalue weighted by Gasteiger charge is 2.33. The Hall–Kier alpha value is -2.57. The van der Waals surface area contributed by atoms with Crippen molar-refractivity contribution in [1.82, 2.24) is 0 Å². The number of alkyl halides is 3. The number of rotatable bonds is 3. The van der Waals surface area contributed by atoms with E-state index in [1.807, 2.05) is 0 Å².